The highest BCUT2D eigenvalue weighted by atomic mass is 16.5. The maximum atomic E-state index is 10.7. The molecule has 90 valence electrons. The highest BCUT2D eigenvalue weighted by Gasteiger charge is 2.13. The number of aromatic amines is 1. The van der Waals surface area contributed by atoms with E-state index in [1.165, 1.54) is 25.7 Å². The first-order valence-corrected chi connectivity index (χ1v) is 4.65. The van der Waals surface area contributed by atoms with Crippen molar-refractivity contribution in [3.8, 4) is 17.1 Å². The molecule has 0 aromatic carbocycles. The van der Waals surface area contributed by atoms with E-state index in [0.717, 1.165) is 7.11 Å². The van der Waals surface area contributed by atoms with E-state index in [1.807, 2.05) is 0 Å². The van der Waals surface area contributed by atoms with Gasteiger partial charge in [0.1, 0.15) is 11.4 Å². The first-order valence-electron chi connectivity index (χ1n) is 4.65. The number of nitrogens with zero attached hydrogens (tertiary/aromatic N) is 3. The summed E-state index contributed by atoms with van der Waals surface area (Å²) in [5.74, 6) is 0.363. The molecule has 0 spiro atoms. The molecule has 2 rings (SSSR count). The van der Waals surface area contributed by atoms with Crippen molar-refractivity contribution in [2.45, 2.75) is 0 Å². The van der Waals surface area contributed by atoms with Crippen molar-refractivity contribution in [3.63, 3.8) is 0 Å². The van der Waals surface area contributed by atoms with Crippen LogP contribution in [0.4, 0.5) is 0 Å². The number of ether oxygens (including phenoxy) is 1. The average Bonchev–Trinajstić information content (AvgIpc) is 2.89. The number of aliphatic hydroxyl groups is 1. The van der Waals surface area contributed by atoms with Crippen molar-refractivity contribution in [3.05, 3.63) is 24.3 Å². The molecule has 0 saturated heterocycles. The SMILES string of the molecule is CO.COc1nccnc1-c1cn[nH]c1C=O. The van der Waals surface area contributed by atoms with Crippen LogP contribution < -0.4 is 4.74 Å². The Kier molecular flexibility index (Phi) is 4.77. The lowest BCUT2D eigenvalue weighted by Gasteiger charge is -2.03. The fourth-order valence-electron chi connectivity index (χ4n) is 1.23. The molecule has 7 heteroatoms. The lowest BCUT2D eigenvalue weighted by Crippen LogP contribution is -1.95. The molecule has 0 fully saturated rings. The third-order valence-corrected chi connectivity index (χ3v) is 1.90. The fourth-order valence-corrected chi connectivity index (χ4v) is 1.23. The lowest BCUT2D eigenvalue weighted by molar-refractivity contribution is 0.111. The van der Waals surface area contributed by atoms with Crippen molar-refractivity contribution < 1.29 is 14.6 Å². The number of nitrogens with one attached hydrogen (secondary N) is 1. The topological polar surface area (TPSA) is 101 Å². The van der Waals surface area contributed by atoms with Gasteiger partial charge in [-0.3, -0.25) is 9.89 Å². The Morgan fingerprint density at radius 2 is 2.06 bits per heavy atom. The Morgan fingerprint density at radius 3 is 2.71 bits per heavy atom. The molecule has 0 atom stereocenters. The first kappa shape index (κ1) is 12.8. The maximum Gasteiger partial charge on any atom is 0.240 e. The second-order valence-electron chi connectivity index (χ2n) is 2.73. The summed E-state index contributed by atoms with van der Waals surface area (Å²) in [6.07, 6.45) is 5.23. The Hall–Kier alpha value is -2.28. The van der Waals surface area contributed by atoms with Gasteiger partial charge in [-0.2, -0.15) is 5.10 Å². The van der Waals surface area contributed by atoms with Crippen LogP contribution in [0.3, 0.4) is 0 Å². The number of carbonyl (C=O) groups is 1. The zero-order valence-corrected chi connectivity index (χ0v) is 9.41. The van der Waals surface area contributed by atoms with Crippen LogP contribution in [0, 0.1) is 0 Å². The third-order valence-electron chi connectivity index (χ3n) is 1.90. The number of carbonyl (C=O) groups excluding carboxylic acids is 1. The third kappa shape index (κ3) is 2.64. The number of rotatable bonds is 3. The Morgan fingerprint density at radius 1 is 1.35 bits per heavy atom. The van der Waals surface area contributed by atoms with Gasteiger partial charge in [-0.25, -0.2) is 9.97 Å². The first-order chi connectivity index (χ1) is 8.36. The summed E-state index contributed by atoms with van der Waals surface area (Å²) in [4.78, 5) is 18.8. The Bertz CT molecular complexity index is 484. The van der Waals surface area contributed by atoms with Crippen LogP contribution in [0.5, 0.6) is 5.88 Å². The summed E-state index contributed by atoms with van der Waals surface area (Å²) in [6.45, 7) is 0. The molecule has 0 aliphatic heterocycles. The lowest BCUT2D eigenvalue weighted by atomic mass is 10.2. The van der Waals surface area contributed by atoms with Crippen LogP contribution in [0.25, 0.3) is 11.3 Å². The van der Waals surface area contributed by atoms with Crippen LogP contribution in [0.2, 0.25) is 0 Å². The van der Waals surface area contributed by atoms with Crippen molar-refractivity contribution in [2.24, 2.45) is 0 Å². The van der Waals surface area contributed by atoms with Crippen LogP contribution in [0.15, 0.2) is 18.6 Å². The van der Waals surface area contributed by atoms with Gasteiger partial charge in [0.05, 0.1) is 18.9 Å². The summed E-state index contributed by atoms with van der Waals surface area (Å²) in [6, 6.07) is 0. The van der Waals surface area contributed by atoms with Crippen LogP contribution in [-0.2, 0) is 0 Å². The number of hydrogen-bond donors (Lipinski definition) is 2. The van der Waals surface area contributed by atoms with E-state index in [1.54, 1.807) is 0 Å². The van der Waals surface area contributed by atoms with E-state index in [4.69, 9.17) is 9.84 Å². The van der Waals surface area contributed by atoms with Gasteiger partial charge in [0.25, 0.3) is 0 Å². The number of aliphatic hydroxyl groups excluding tert-OH is 1. The minimum atomic E-state index is 0.355. The van der Waals surface area contributed by atoms with E-state index in [9.17, 15) is 4.79 Å². The second-order valence-corrected chi connectivity index (χ2v) is 2.73. The molecule has 7 nitrogen and oxygen atoms in total. The molecule has 0 unspecified atom stereocenters. The summed E-state index contributed by atoms with van der Waals surface area (Å²) in [7, 11) is 2.49. The standard InChI is InChI=1S/C9H8N4O2.CH4O/c1-15-9-8(10-2-3-11-9)6-4-12-13-7(6)5-14;1-2/h2-5H,1H3,(H,12,13);2H,1H3. The minimum absolute atomic E-state index is 0.355. The van der Waals surface area contributed by atoms with Gasteiger partial charge in [0, 0.05) is 19.5 Å². The minimum Gasteiger partial charge on any atom is -0.479 e. The highest BCUT2D eigenvalue weighted by molar-refractivity contribution is 5.84. The number of aldehydes is 1. The molecule has 0 aliphatic carbocycles. The molecule has 0 saturated carbocycles. The molecule has 0 amide bonds. The Balaban J connectivity index is 0.000000686. The van der Waals surface area contributed by atoms with Gasteiger partial charge in [0.15, 0.2) is 6.29 Å². The average molecular weight is 236 g/mol. The van der Waals surface area contributed by atoms with E-state index in [0.29, 0.717) is 29.1 Å². The predicted molar refractivity (Wildman–Crippen MR) is 59.7 cm³/mol. The summed E-state index contributed by atoms with van der Waals surface area (Å²) in [5.41, 5.74) is 1.43. The Labute approximate surface area is 97.5 Å². The normalized spacial score (nSPS) is 9.12. The van der Waals surface area contributed by atoms with E-state index >= 15 is 0 Å². The summed E-state index contributed by atoms with van der Waals surface area (Å²) < 4.78 is 5.04. The quantitative estimate of drug-likeness (QED) is 0.743. The summed E-state index contributed by atoms with van der Waals surface area (Å²) in [5, 5.41) is 13.3. The predicted octanol–water partition coefficient (Wildman–Crippen LogP) is 0.296. The summed E-state index contributed by atoms with van der Waals surface area (Å²) >= 11 is 0. The number of methoxy groups -OCH3 is 1. The van der Waals surface area contributed by atoms with Crippen LogP contribution >= 0.6 is 0 Å². The molecule has 17 heavy (non-hydrogen) atoms. The smallest absolute Gasteiger partial charge is 0.240 e. The molecular weight excluding hydrogens is 224 g/mol. The largest absolute Gasteiger partial charge is 0.479 e. The molecule has 2 heterocycles. The van der Waals surface area contributed by atoms with Gasteiger partial charge in [-0.1, -0.05) is 0 Å². The van der Waals surface area contributed by atoms with E-state index in [2.05, 4.69) is 20.2 Å². The van der Waals surface area contributed by atoms with E-state index in [-0.39, 0.29) is 0 Å². The molecule has 2 N–H and O–H groups in total. The molecular formula is C10H12N4O3. The number of aromatic nitrogens is 4. The number of hydrogen-bond acceptors (Lipinski definition) is 6. The fraction of sp³-hybridized carbons (Fsp3) is 0.200. The molecule has 0 radical (unpaired) electrons. The van der Waals surface area contributed by atoms with E-state index < -0.39 is 0 Å². The highest BCUT2D eigenvalue weighted by Crippen LogP contribution is 2.25. The van der Waals surface area contributed by atoms with Crippen molar-refractivity contribution >= 4 is 6.29 Å². The van der Waals surface area contributed by atoms with Crippen LogP contribution in [-0.4, -0.2) is 45.8 Å². The van der Waals surface area contributed by atoms with Gasteiger partial charge in [0.2, 0.25) is 5.88 Å². The van der Waals surface area contributed by atoms with Crippen LogP contribution in [0.1, 0.15) is 10.5 Å². The van der Waals surface area contributed by atoms with Gasteiger partial charge in [-0.15, -0.1) is 0 Å². The van der Waals surface area contributed by atoms with Gasteiger partial charge >= 0.3 is 0 Å². The number of H-pyrrole nitrogens is 1. The van der Waals surface area contributed by atoms with Gasteiger partial charge < -0.3 is 9.84 Å². The monoisotopic (exact) mass is 236 g/mol. The molecule has 2 aromatic rings. The zero-order chi connectivity index (χ0) is 12.7. The van der Waals surface area contributed by atoms with Gasteiger partial charge in [-0.05, 0) is 0 Å². The molecule has 2 aromatic heterocycles. The maximum absolute atomic E-state index is 10.7. The zero-order valence-electron chi connectivity index (χ0n) is 9.41. The van der Waals surface area contributed by atoms with Crippen molar-refractivity contribution in [1.82, 2.24) is 20.2 Å². The molecule has 0 aliphatic rings. The van der Waals surface area contributed by atoms with Crippen molar-refractivity contribution in [2.75, 3.05) is 14.2 Å². The molecule has 0 bridgehead atoms. The van der Waals surface area contributed by atoms with Crippen molar-refractivity contribution in [1.29, 1.82) is 0 Å². The second kappa shape index (κ2) is 6.33.